The first-order valence-electron chi connectivity index (χ1n) is 20.8. The second-order valence-corrected chi connectivity index (χ2v) is 17.4. The number of epoxide rings is 2. The first kappa shape index (κ1) is 46.3. The van der Waals surface area contributed by atoms with Crippen LogP contribution in [0.2, 0.25) is 0 Å². The van der Waals surface area contributed by atoms with Gasteiger partial charge in [0, 0.05) is 25.4 Å². The average Bonchev–Trinajstić information content (AvgIpc) is 4.16. The predicted molar refractivity (Wildman–Crippen MR) is 227 cm³/mol. The molecule has 0 bridgehead atoms. The Labute approximate surface area is 354 Å². The normalized spacial score (nSPS) is 21.8. The molecule has 0 spiro atoms. The Bertz CT molecular complexity index is 1900. The van der Waals surface area contributed by atoms with Gasteiger partial charge >= 0.3 is 0 Å². The fourth-order valence-corrected chi connectivity index (χ4v) is 6.91. The zero-order valence-corrected chi connectivity index (χ0v) is 35.9. The minimum atomic E-state index is -0.930. The Hall–Kier alpha value is -4.79. The van der Waals surface area contributed by atoms with Crippen molar-refractivity contribution >= 4 is 29.2 Å². The summed E-state index contributed by atoms with van der Waals surface area (Å²) in [7, 11) is 0. The highest BCUT2D eigenvalue weighted by Gasteiger charge is 2.50. The van der Waals surface area contributed by atoms with Crippen molar-refractivity contribution < 1.29 is 42.9 Å². The highest BCUT2D eigenvalue weighted by Crippen LogP contribution is 2.30. The van der Waals surface area contributed by atoms with Crippen molar-refractivity contribution in [3.05, 3.63) is 102 Å². The number of hydrogen-bond acceptors (Lipinski definition) is 11. The molecule has 13 nitrogen and oxygen atoms in total. The quantitative estimate of drug-likeness (QED) is 0.150. The zero-order chi connectivity index (χ0) is 43.5. The number of carbonyl (C=O) groups excluding carboxylic acids is 5. The molecule has 60 heavy (non-hydrogen) atoms. The van der Waals surface area contributed by atoms with Gasteiger partial charge in [-0.2, -0.15) is 0 Å². The maximum absolute atomic E-state index is 13.9. The van der Waals surface area contributed by atoms with E-state index in [-0.39, 0.29) is 48.2 Å². The van der Waals surface area contributed by atoms with E-state index in [0.717, 1.165) is 16.7 Å². The second kappa shape index (κ2) is 20.7. The SMILES string of the molecule is C[C@H](NC(=O)CN1CCOCC1)C(=O)C[C@@H](Cc1ccc(OC(C)(C)C)cc1)C(=O)N[C@@H](Cc1ccccc1)C(=O)[C@@]1(C)CO1.C[C@]1(C(=O)[C@@H](N)Cc2ccccc2)CO1. The van der Waals surface area contributed by atoms with Crippen molar-refractivity contribution in [2.75, 3.05) is 46.1 Å². The van der Waals surface area contributed by atoms with E-state index in [2.05, 4.69) is 10.6 Å². The van der Waals surface area contributed by atoms with Crippen LogP contribution in [-0.4, -0.2) is 115 Å². The number of amides is 2. The van der Waals surface area contributed by atoms with Crippen LogP contribution in [0.25, 0.3) is 0 Å². The Morgan fingerprint density at radius 3 is 1.80 bits per heavy atom. The topological polar surface area (TPSA) is 182 Å². The molecule has 0 aromatic heterocycles. The number of rotatable bonds is 19. The fourth-order valence-electron chi connectivity index (χ4n) is 6.91. The van der Waals surface area contributed by atoms with Gasteiger partial charge in [0.1, 0.15) is 22.6 Å². The van der Waals surface area contributed by atoms with Gasteiger partial charge in [-0.1, -0.05) is 72.8 Å². The molecule has 4 N–H and O–H groups in total. The number of hydrogen-bond donors (Lipinski definition) is 3. The minimum absolute atomic E-state index is 0.00588. The number of benzene rings is 3. The second-order valence-electron chi connectivity index (χ2n) is 17.4. The largest absolute Gasteiger partial charge is 0.488 e. The van der Waals surface area contributed by atoms with E-state index in [9.17, 15) is 24.0 Å². The molecule has 3 saturated heterocycles. The summed E-state index contributed by atoms with van der Waals surface area (Å²) in [6, 6.07) is 24.7. The number of Topliss-reactive ketones (excluding diaryl/α,β-unsaturated/α-hetero) is 3. The third-order valence-electron chi connectivity index (χ3n) is 10.7. The van der Waals surface area contributed by atoms with Crippen LogP contribution < -0.4 is 21.1 Å². The van der Waals surface area contributed by atoms with Gasteiger partial charge in [-0.05, 0) is 89.6 Å². The van der Waals surface area contributed by atoms with Crippen LogP contribution in [0.1, 0.15) is 64.7 Å². The smallest absolute Gasteiger partial charge is 0.234 e. The molecule has 3 aliphatic rings. The zero-order valence-electron chi connectivity index (χ0n) is 35.9. The van der Waals surface area contributed by atoms with E-state index in [4.69, 9.17) is 24.7 Å². The lowest BCUT2D eigenvalue weighted by atomic mass is 9.89. The van der Waals surface area contributed by atoms with E-state index in [0.29, 0.717) is 58.1 Å². The molecule has 0 saturated carbocycles. The van der Waals surface area contributed by atoms with Gasteiger partial charge in [-0.15, -0.1) is 0 Å². The molecule has 3 aliphatic heterocycles. The maximum atomic E-state index is 13.9. The maximum Gasteiger partial charge on any atom is 0.234 e. The van der Waals surface area contributed by atoms with Crippen molar-refractivity contribution in [2.45, 2.75) is 102 Å². The first-order chi connectivity index (χ1) is 28.4. The van der Waals surface area contributed by atoms with E-state index >= 15 is 0 Å². The highest BCUT2D eigenvalue weighted by atomic mass is 16.6. The molecule has 0 unspecified atom stereocenters. The summed E-state index contributed by atoms with van der Waals surface area (Å²) in [6.45, 7) is 14.5. The molecule has 3 aromatic carbocycles. The van der Waals surface area contributed by atoms with Crippen LogP contribution in [0.3, 0.4) is 0 Å². The first-order valence-corrected chi connectivity index (χ1v) is 20.8. The third kappa shape index (κ3) is 14.4. The molecule has 3 heterocycles. The van der Waals surface area contributed by atoms with E-state index in [1.165, 1.54) is 0 Å². The Morgan fingerprint density at radius 2 is 1.27 bits per heavy atom. The van der Waals surface area contributed by atoms with Crippen molar-refractivity contribution in [1.29, 1.82) is 0 Å². The molecule has 3 aromatic rings. The summed E-state index contributed by atoms with van der Waals surface area (Å²) < 4.78 is 21.8. The molecule has 324 valence electrons. The van der Waals surface area contributed by atoms with Gasteiger partial charge in [0.15, 0.2) is 17.3 Å². The molecule has 2 amide bonds. The number of nitrogens with one attached hydrogen (secondary N) is 2. The highest BCUT2D eigenvalue weighted by molar-refractivity contribution is 5.98. The molecular formula is C47H62N4O9. The Kier molecular flexibility index (Phi) is 15.9. The van der Waals surface area contributed by atoms with Crippen molar-refractivity contribution in [1.82, 2.24) is 15.5 Å². The molecule has 6 atom stereocenters. The van der Waals surface area contributed by atoms with Crippen LogP contribution in [0.5, 0.6) is 5.75 Å². The summed E-state index contributed by atoms with van der Waals surface area (Å²) in [5.41, 5.74) is 6.78. The van der Waals surface area contributed by atoms with Crippen LogP contribution in [0.4, 0.5) is 0 Å². The number of ether oxygens (including phenoxy) is 4. The van der Waals surface area contributed by atoms with Crippen LogP contribution in [0.15, 0.2) is 84.9 Å². The number of nitrogens with zero attached hydrogens (tertiary/aromatic N) is 1. The van der Waals surface area contributed by atoms with E-state index in [1.54, 1.807) is 20.8 Å². The standard InChI is InChI=1S/C35H47N3O7.C12H15NO2/c1-24(36-31(40)22-38-15-17-43-18-16-38)30(39)21-27(19-26-11-13-28(14-12-26)45-34(2,3)4)33(42)37-29(32(41)35(5)23-44-35)20-25-9-7-6-8-10-25;1-12(8-15-12)11(14)10(13)7-9-5-3-2-4-6-9/h6-14,24,27,29H,15-23H2,1-5H3,(H,36,40)(H,37,42);2-6,10H,7-8,13H2,1H3/t24-,27+,29-,35+;10-,12+/m00/s1. The van der Waals surface area contributed by atoms with Crippen LogP contribution in [-0.2, 0) is 57.4 Å². The Balaban J connectivity index is 0.000000379. The predicted octanol–water partition coefficient (Wildman–Crippen LogP) is 3.82. The van der Waals surface area contributed by atoms with Crippen molar-refractivity contribution in [3.63, 3.8) is 0 Å². The molecule has 6 rings (SSSR count). The summed E-state index contributed by atoms with van der Waals surface area (Å²) in [5, 5.41) is 5.76. The van der Waals surface area contributed by atoms with Gasteiger partial charge in [-0.3, -0.25) is 28.9 Å². The molecule has 3 fully saturated rings. The van der Waals surface area contributed by atoms with Crippen LogP contribution in [0, 0.1) is 5.92 Å². The minimum Gasteiger partial charge on any atom is -0.488 e. The van der Waals surface area contributed by atoms with Gasteiger partial charge < -0.3 is 35.3 Å². The van der Waals surface area contributed by atoms with Crippen molar-refractivity contribution in [2.24, 2.45) is 11.7 Å². The monoisotopic (exact) mass is 826 g/mol. The van der Waals surface area contributed by atoms with Gasteiger partial charge in [0.2, 0.25) is 11.8 Å². The Morgan fingerprint density at radius 1 is 0.750 bits per heavy atom. The van der Waals surface area contributed by atoms with Gasteiger partial charge in [0.25, 0.3) is 0 Å². The van der Waals surface area contributed by atoms with E-state index < -0.39 is 41.2 Å². The van der Waals surface area contributed by atoms with Crippen molar-refractivity contribution in [3.8, 4) is 5.75 Å². The van der Waals surface area contributed by atoms with E-state index in [1.807, 2.05) is 111 Å². The summed E-state index contributed by atoms with van der Waals surface area (Å²) >= 11 is 0. The number of nitrogens with two attached hydrogens (primary N) is 1. The van der Waals surface area contributed by atoms with Gasteiger partial charge in [0.05, 0.1) is 51.1 Å². The lowest BCUT2D eigenvalue weighted by Crippen LogP contribution is -2.50. The average molecular weight is 827 g/mol. The molecule has 0 radical (unpaired) electrons. The molecule has 0 aliphatic carbocycles. The molecule has 13 heteroatoms. The van der Waals surface area contributed by atoms with Crippen LogP contribution >= 0.6 is 0 Å². The summed E-state index contributed by atoms with van der Waals surface area (Å²) in [4.78, 5) is 67.2. The number of morpholine rings is 1. The number of ketones is 3. The summed E-state index contributed by atoms with van der Waals surface area (Å²) in [5.74, 6) is -1.18. The summed E-state index contributed by atoms with van der Waals surface area (Å²) in [6.07, 6.45) is 1.05. The molecular weight excluding hydrogens is 765 g/mol. The number of carbonyl (C=O) groups is 5. The van der Waals surface area contributed by atoms with Gasteiger partial charge in [-0.25, -0.2) is 0 Å². The lowest BCUT2D eigenvalue weighted by molar-refractivity contribution is -0.134. The lowest BCUT2D eigenvalue weighted by Gasteiger charge is -2.27. The third-order valence-corrected chi connectivity index (χ3v) is 10.7. The fraction of sp³-hybridized carbons (Fsp3) is 0.511.